The molecule has 0 unspecified atom stereocenters. The Kier molecular flexibility index (Phi) is 10.3. The molecule has 0 fully saturated rings. The molecule has 7 heteroatoms. The molecule has 5 nitrogen and oxygen atoms in total. The molecule has 0 N–H and O–H groups in total. The third-order valence-corrected chi connectivity index (χ3v) is 8.08. The summed E-state index contributed by atoms with van der Waals surface area (Å²) in [4.78, 5) is 17.6. The lowest BCUT2D eigenvalue weighted by atomic mass is 10.0. The molecular formula is C32H33ClN2O3S. The van der Waals surface area contributed by atoms with E-state index in [2.05, 4.69) is 11.9 Å². The van der Waals surface area contributed by atoms with Gasteiger partial charge >= 0.3 is 0 Å². The summed E-state index contributed by atoms with van der Waals surface area (Å²) in [6, 6.07) is 21.2. The molecule has 0 saturated heterocycles. The van der Waals surface area contributed by atoms with Crippen molar-refractivity contribution in [3.05, 3.63) is 107 Å². The van der Waals surface area contributed by atoms with Crippen LogP contribution in [0.5, 0.6) is 5.75 Å². The van der Waals surface area contributed by atoms with E-state index in [0.29, 0.717) is 10.8 Å². The largest absolute Gasteiger partial charge is 0.494 e. The monoisotopic (exact) mass is 560 g/mol. The van der Waals surface area contributed by atoms with Crippen molar-refractivity contribution in [3.8, 4) is 16.9 Å². The first kappa shape index (κ1) is 28.5. The number of aromatic nitrogens is 2. The fraction of sp³-hybridized carbons (Fsp3) is 0.250. The summed E-state index contributed by atoms with van der Waals surface area (Å²) >= 11 is 6.42. The van der Waals surface area contributed by atoms with Crippen molar-refractivity contribution in [2.24, 2.45) is 0 Å². The number of ether oxygens (including phenoxy) is 1. The topological polar surface area (TPSA) is 61.2 Å². The third-order valence-electron chi connectivity index (χ3n) is 6.38. The van der Waals surface area contributed by atoms with Crippen LogP contribution in [-0.4, -0.2) is 26.2 Å². The Morgan fingerprint density at radius 3 is 2.49 bits per heavy atom. The highest BCUT2D eigenvalue weighted by Gasteiger charge is 2.10. The predicted molar refractivity (Wildman–Crippen MR) is 159 cm³/mol. The minimum Gasteiger partial charge on any atom is -0.494 e. The number of hydrogen-bond donors (Lipinski definition) is 0. The van der Waals surface area contributed by atoms with E-state index in [1.165, 1.54) is 0 Å². The number of benzene rings is 3. The van der Waals surface area contributed by atoms with E-state index in [9.17, 15) is 9.00 Å². The van der Waals surface area contributed by atoms with Gasteiger partial charge in [-0.2, -0.15) is 0 Å². The highest BCUT2D eigenvalue weighted by atomic mass is 35.5. The lowest BCUT2D eigenvalue weighted by molar-refractivity contribution is -0.113. The summed E-state index contributed by atoms with van der Waals surface area (Å²) < 4.78 is 20.5. The van der Waals surface area contributed by atoms with Gasteiger partial charge in [0.15, 0.2) is 5.78 Å². The molecule has 0 bridgehead atoms. The van der Waals surface area contributed by atoms with Gasteiger partial charge in [-0.25, -0.2) is 4.98 Å². The van der Waals surface area contributed by atoms with E-state index in [1.807, 2.05) is 78.2 Å². The van der Waals surface area contributed by atoms with E-state index in [-0.39, 0.29) is 12.2 Å². The molecule has 39 heavy (non-hydrogen) atoms. The van der Waals surface area contributed by atoms with Crippen molar-refractivity contribution < 1.29 is 13.7 Å². The number of carbonyl (C=O) groups is 1. The number of ketones is 1. The number of carbonyl (C=O) groups excluding carboxylic acids is 1. The highest BCUT2D eigenvalue weighted by Crippen LogP contribution is 2.28. The molecular weight excluding hydrogens is 528 g/mol. The van der Waals surface area contributed by atoms with Crippen molar-refractivity contribution in [1.29, 1.82) is 0 Å². The fourth-order valence-corrected chi connectivity index (χ4v) is 5.40. The summed E-state index contributed by atoms with van der Waals surface area (Å²) in [6.45, 7) is 5.68. The molecule has 4 aromatic rings. The first-order valence-corrected chi connectivity index (χ1v) is 14.9. The van der Waals surface area contributed by atoms with Gasteiger partial charge in [0.05, 0.1) is 35.2 Å². The fourth-order valence-electron chi connectivity index (χ4n) is 4.10. The zero-order valence-electron chi connectivity index (χ0n) is 22.3. The Morgan fingerprint density at radius 1 is 1.03 bits per heavy atom. The van der Waals surface area contributed by atoms with Crippen LogP contribution >= 0.6 is 11.6 Å². The quantitative estimate of drug-likeness (QED) is 0.125. The summed E-state index contributed by atoms with van der Waals surface area (Å²) in [7, 11) is -1.18. The molecule has 0 radical (unpaired) electrons. The van der Waals surface area contributed by atoms with Crippen LogP contribution < -0.4 is 4.74 Å². The summed E-state index contributed by atoms with van der Waals surface area (Å²) in [5, 5.41) is 0.582. The molecule has 0 aliphatic carbocycles. The van der Waals surface area contributed by atoms with Gasteiger partial charge in [-0.1, -0.05) is 55.3 Å². The van der Waals surface area contributed by atoms with Gasteiger partial charge in [-0.05, 0) is 84.1 Å². The van der Waals surface area contributed by atoms with Crippen LogP contribution in [-0.2, 0) is 34.3 Å². The van der Waals surface area contributed by atoms with Crippen LogP contribution in [0.1, 0.15) is 43.5 Å². The third kappa shape index (κ3) is 8.01. The number of imidazole rings is 1. The van der Waals surface area contributed by atoms with Crippen LogP contribution in [0.3, 0.4) is 0 Å². The minimum absolute atomic E-state index is 0.0363. The van der Waals surface area contributed by atoms with Crippen molar-refractivity contribution >= 4 is 34.3 Å². The second kappa shape index (κ2) is 14.1. The van der Waals surface area contributed by atoms with Crippen molar-refractivity contribution in [3.63, 3.8) is 0 Å². The first-order chi connectivity index (χ1) is 19.0. The number of rotatable bonds is 13. The average molecular weight is 561 g/mol. The Bertz CT molecular complexity index is 1440. The lowest BCUT2D eigenvalue weighted by Gasteiger charge is -2.08. The molecule has 1 heterocycles. The van der Waals surface area contributed by atoms with Crippen molar-refractivity contribution in [2.75, 3.05) is 6.61 Å². The van der Waals surface area contributed by atoms with E-state index in [0.717, 1.165) is 64.6 Å². The van der Waals surface area contributed by atoms with Crippen molar-refractivity contribution in [1.82, 2.24) is 9.55 Å². The van der Waals surface area contributed by atoms with Crippen LogP contribution in [0.4, 0.5) is 0 Å². The van der Waals surface area contributed by atoms with Crippen LogP contribution in [0.15, 0.2) is 90.2 Å². The molecule has 1 aromatic heterocycles. The zero-order valence-corrected chi connectivity index (χ0v) is 23.9. The smallest absolute Gasteiger partial charge is 0.160 e. The normalized spacial score (nSPS) is 12.1. The summed E-state index contributed by atoms with van der Waals surface area (Å²) in [6.07, 6.45) is 9.21. The van der Waals surface area contributed by atoms with Crippen LogP contribution in [0.25, 0.3) is 17.2 Å². The lowest BCUT2D eigenvalue weighted by Crippen LogP contribution is -2.04. The zero-order chi connectivity index (χ0) is 27.6. The highest BCUT2D eigenvalue weighted by molar-refractivity contribution is 7.84. The summed E-state index contributed by atoms with van der Waals surface area (Å²) in [5.74, 6) is 1.23. The molecule has 4 rings (SSSR count). The van der Waals surface area contributed by atoms with Gasteiger partial charge in [-0.3, -0.25) is 9.00 Å². The molecule has 0 amide bonds. The number of unbranched alkanes of at least 4 members (excludes halogenated alkanes) is 1. The maximum atomic E-state index is 12.8. The summed E-state index contributed by atoms with van der Waals surface area (Å²) in [5.41, 5.74) is 4.65. The second-order valence-electron chi connectivity index (χ2n) is 9.24. The Balaban J connectivity index is 1.36. The number of nitrogens with zero attached hydrogens (tertiary/aromatic N) is 2. The van der Waals surface area contributed by atoms with Gasteiger partial charge in [0.1, 0.15) is 5.75 Å². The molecule has 1 atom stereocenters. The molecule has 0 aliphatic rings. The van der Waals surface area contributed by atoms with E-state index in [4.69, 9.17) is 16.3 Å². The first-order valence-electron chi connectivity index (χ1n) is 13.2. The molecule has 0 saturated carbocycles. The van der Waals surface area contributed by atoms with E-state index in [1.54, 1.807) is 24.7 Å². The van der Waals surface area contributed by atoms with Crippen LogP contribution in [0.2, 0.25) is 5.02 Å². The number of hydrogen-bond acceptors (Lipinski definition) is 4. The van der Waals surface area contributed by atoms with Gasteiger partial charge < -0.3 is 9.30 Å². The molecule has 0 aliphatic heterocycles. The van der Waals surface area contributed by atoms with Gasteiger partial charge in [-0.15, -0.1) is 0 Å². The number of aryl methyl sites for hydroxylation is 1. The Hall–Kier alpha value is -3.48. The SMILES string of the molecule is CCCCOc1ccc(-c2ccc(Cl)c(/C=C/C(=O)Cc3ccc([S@](=O)Cc4cncn4CC)cc3)c2)cc1. The molecule has 3 aromatic carbocycles. The Labute approximate surface area is 238 Å². The van der Waals surface area contributed by atoms with Gasteiger partial charge in [0, 0.05) is 29.1 Å². The second-order valence-corrected chi connectivity index (χ2v) is 11.1. The average Bonchev–Trinajstić information content (AvgIpc) is 3.40. The van der Waals surface area contributed by atoms with Crippen LogP contribution in [0, 0.1) is 0 Å². The molecule has 0 spiro atoms. The number of allylic oxidation sites excluding steroid dienone is 1. The number of halogens is 1. The standard InChI is InChI=1S/C32H33ClN2O3S/c1-3-5-18-38-30-13-9-25(10-14-30)26-11-17-32(33)27(20-26)8-12-29(36)19-24-6-15-31(16-7-24)39(37)22-28-21-34-23-35(28)4-2/h6-17,20-21,23H,3-5,18-19,22H2,1-2H3/b12-8+/t39-/m1/s1. The van der Waals surface area contributed by atoms with E-state index >= 15 is 0 Å². The predicted octanol–water partition coefficient (Wildman–Crippen LogP) is 7.54. The van der Waals surface area contributed by atoms with Gasteiger partial charge in [0.2, 0.25) is 0 Å². The maximum absolute atomic E-state index is 12.8. The van der Waals surface area contributed by atoms with E-state index < -0.39 is 10.8 Å². The van der Waals surface area contributed by atoms with Crippen molar-refractivity contribution in [2.45, 2.75) is 50.3 Å². The van der Waals surface area contributed by atoms with Gasteiger partial charge in [0.25, 0.3) is 0 Å². The maximum Gasteiger partial charge on any atom is 0.160 e. The Morgan fingerprint density at radius 2 is 1.77 bits per heavy atom. The molecule has 202 valence electrons. The minimum atomic E-state index is -1.18.